The van der Waals surface area contributed by atoms with E-state index in [9.17, 15) is 14.0 Å². The summed E-state index contributed by atoms with van der Waals surface area (Å²) in [5.74, 6) is -0.399. The third-order valence-electron chi connectivity index (χ3n) is 4.90. The van der Waals surface area contributed by atoms with Crippen LogP contribution in [0.15, 0.2) is 67.5 Å². The summed E-state index contributed by atoms with van der Waals surface area (Å²) in [6, 6.07) is 10.9. The van der Waals surface area contributed by atoms with Crippen LogP contribution < -0.4 is 4.90 Å². The van der Waals surface area contributed by atoms with Crippen molar-refractivity contribution < 1.29 is 14.0 Å². The summed E-state index contributed by atoms with van der Waals surface area (Å²) >= 11 is 0. The van der Waals surface area contributed by atoms with Gasteiger partial charge in [-0.25, -0.2) is 9.37 Å². The zero-order valence-corrected chi connectivity index (χ0v) is 15.2. The molecule has 1 saturated heterocycles. The highest BCUT2D eigenvalue weighted by Crippen LogP contribution is 2.23. The zero-order chi connectivity index (χ0) is 19.7. The van der Waals surface area contributed by atoms with Crippen LogP contribution in [0.4, 0.5) is 10.2 Å². The molecule has 1 atom stereocenters. The molecule has 2 aromatic heterocycles. The van der Waals surface area contributed by atoms with Crippen molar-refractivity contribution in [1.29, 1.82) is 0 Å². The molecule has 6 nitrogen and oxygen atoms in total. The Labute approximate surface area is 161 Å². The van der Waals surface area contributed by atoms with Crippen molar-refractivity contribution in [2.45, 2.75) is 12.5 Å². The lowest BCUT2D eigenvalue weighted by Gasteiger charge is -2.39. The van der Waals surface area contributed by atoms with Crippen LogP contribution in [0.25, 0.3) is 5.65 Å². The van der Waals surface area contributed by atoms with Crippen LogP contribution >= 0.6 is 0 Å². The first kappa shape index (κ1) is 17.9. The number of nitrogens with zero attached hydrogens (tertiary/aromatic N) is 4. The molecular weight excluding hydrogens is 359 g/mol. The van der Waals surface area contributed by atoms with Crippen molar-refractivity contribution >= 4 is 23.3 Å². The van der Waals surface area contributed by atoms with Crippen molar-refractivity contribution in [3.63, 3.8) is 0 Å². The van der Waals surface area contributed by atoms with Crippen LogP contribution in [0.3, 0.4) is 0 Å². The highest BCUT2D eigenvalue weighted by atomic mass is 19.1. The molecule has 1 aliphatic rings. The third-order valence-corrected chi connectivity index (χ3v) is 4.90. The number of imidazole rings is 1. The van der Waals surface area contributed by atoms with E-state index in [1.54, 1.807) is 23.2 Å². The number of fused-ring (bicyclic) bond motifs is 1. The van der Waals surface area contributed by atoms with Gasteiger partial charge in [0.25, 0.3) is 5.91 Å². The quantitative estimate of drug-likeness (QED) is 0.656. The molecule has 1 aliphatic heterocycles. The Balaban J connectivity index is 1.67. The maximum atomic E-state index is 13.6. The van der Waals surface area contributed by atoms with Crippen molar-refractivity contribution in [3.05, 3.63) is 78.9 Å². The summed E-state index contributed by atoms with van der Waals surface area (Å²) in [4.78, 5) is 33.2. The van der Waals surface area contributed by atoms with Crippen molar-refractivity contribution in [2.24, 2.45) is 0 Å². The van der Waals surface area contributed by atoms with E-state index in [4.69, 9.17) is 0 Å². The van der Waals surface area contributed by atoms with E-state index in [-0.39, 0.29) is 24.1 Å². The second-order valence-corrected chi connectivity index (χ2v) is 6.64. The number of hydrogen-bond acceptors (Lipinski definition) is 3. The molecule has 0 spiro atoms. The molecule has 1 fully saturated rings. The monoisotopic (exact) mass is 378 g/mol. The molecule has 0 aliphatic carbocycles. The average Bonchev–Trinajstić information content (AvgIpc) is 3.12. The van der Waals surface area contributed by atoms with Gasteiger partial charge in [-0.2, -0.15) is 0 Å². The second-order valence-electron chi connectivity index (χ2n) is 6.64. The summed E-state index contributed by atoms with van der Waals surface area (Å²) < 4.78 is 15.4. The lowest BCUT2D eigenvalue weighted by molar-refractivity contribution is -0.138. The number of hydrogen-bond donors (Lipinski definition) is 0. The Morgan fingerprint density at radius 2 is 2.11 bits per heavy atom. The molecular formula is C21H19FN4O2. The standard InChI is InChI=1S/C21H19FN4O2/c1-2-20(27)25-10-11-26(19-14-24-9-4-3-8-18(24)23-19)21(28)17(25)13-15-6-5-7-16(22)12-15/h2-9,12,14,17H,1,10-11,13H2/t17-/m0/s1. The zero-order valence-electron chi connectivity index (χ0n) is 15.2. The molecule has 3 heterocycles. The second kappa shape index (κ2) is 7.26. The third kappa shape index (κ3) is 3.26. The van der Waals surface area contributed by atoms with Gasteiger partial charge in [-0.15, -0.1) is 0 Å². The van der Waals surface area contributed by atoms with Gasteiger partial charge in [0.2, 0.25) is 5.91 Å². The minimum absolute atomic E-state index is 0.222. The van der Waals surface area contributed by atoms with E-state index < -0.39 is 6.04 Å². The molecule has 0 unspecified atom stereocenters. The normalized spacial score (nSPS) is 17.2. The average molecular weight is 378 g/mol. The number of aromatic nitrogens is 2. The SMILES string of the molecule is C=CC(=O)N1CCN(c2cn3ccccc3n2)C(=O)[C@@H]1Cc1cccc(F)c1. The predicted octanol–water partition coefficient (Wildman–Crippen LogP) is 2.45. The van der Waals surface area contributed by atoms with Gasteiger partial charge < -0.3 is 9.30 Å². The number of benzene rings is 1. The maximum absolute atomic E-state index is 13.6. The van der Waals surface area contributed by atoms with Crippen molar-refractivity contribution in [3.8, 4) is 0 Å². The first-order valence-corrected chi connectivity index (χ1v) is 8.99. The van der Waals surface area contributed by atoms with E-state index in [2.05, 4.69) is 11.6 Å². The lowest BCUT2D eigenvalue weighted by atomic mass is 10.0. The van der Waals surface area contributed by atoms with Gasteiger partial charge in [0, 0.05) is 25.7 Å². The molecule has 0 saturated carbocycles. The van der Waals surface area contributed by atoms with Crippen LogP contribution in [0.2, 0.25) is 0 Å². The van der Waals surface area contributed by atoms with Gasteiger partial charge in [0.05, 0.1) is 6.20 Å². The number of halogens is 1. The Morgan fingerprint density at radius 1 is 1.25 bits per heavy atom. The number of amides is 2. The van der Waals surface area contributed by atoms with Gasteiger partial charge in [-0.3, -0.25) is 14.5 Å². The minimum atomic E-state index is -0.745. The molecule has 7 heteroatoms. The van der Waals surface area contributed by atoms with E-state index in [0.717, 1.165) is 5.65 Å². The van der Waals surface area contributed by atoms with E-state index >= 15 is 0 Å². The molecule has 1 aromatic carbocycles. The van der Waals surface area contributed by atoms with Crippen LogP contribution in [0, 0.1) is 5.82 Å². The van der Waals surface area contributed by atoms with E-state index in [0.29, 0.717) is 24.5 Å². The summed E-state index contributed by atoms with van der Waals surface area (Å²) in [5, 5.41) is 0. The molecule has 0 N–H and O–H groups in total. The van der Waals surface area contributed by atoms with E-state index in [1.165, 1.54) is 23.1 Å². The first-order chi connectivity index (χ1) is 13.6. The molecule has 2 amide bonds. The van der Waals surface area contributed by atoms with Crippen LogP contribution in [-0.4, -0.2) is 45.2 Å². The van der Waals surface area contributed by atoms with Gasteiger partial charge >= 0.3 is 0 Å². The van der Waals surface area contributed by atoms with Crippen LogP contribution in [0.1, 0.15) is 5.56 Å². The molecule has 3 aromatic rings. The number of pyridine rings is 1. The van der Waals surface area contributed by atoms with Crippen LogP contribution in [-0.2, 0) is 16.0 Å². The number of rotatable bonds is 4. The van der Waals surface area contributed by atoms with Gasteiger partial charge in [-0.05, 0) is 35.9 Å². The fourth-order valence-electron chi connectivity index (χ4n) is 3.53. The van der Waals surface area contributed by atoms with Gasteiger partial charge in [0.1, 0.15) is 17.5 Å². The van der Waals surface area contributed by atoms with Crippen molar-refractivity contribution in [1.82, 2.24) is 14.3 Å². The summed E-state index contributed by atoms with van der Waals surface area (Å²) in [6.07, 6.45) is 5.07. The fraction of sp³-hybridized carbons (Fsp3) is 0.190. The number of piperazine rings is 1. The fourth-order valence-corrected chi connectivity index (χ4v) is 3.53. The smallest absolute Gasteiger partial charge is 0.251 e. The Morgan fingerprint density at radius 3 is 2.86 bits per heavy atom. The van der Waals surface area contributed by atoms with Gasteiger partial charge in [-0.1, -0.05) is 24.8 Å². The molecule has 28 heavy (non-hydrogen) atoms. The topological polar surface area (TPSA) is 57.9 Å². The Hall–Kier alpha value is -3.48. The number of anilines is 1. The van der Waals surface area contributed by atoms with Gasteiger partial charge in [0.15, 0.2) is 5.82 Å². The minimum Gasteiger partial charge on any atom is -0.325 e. The molecule has 4 rings (SSSR count). The lowest BCUT2D eigenvalue weighted by Crippen LogP contribution is -2.59. The predicted molar refractivity (Wildman–Crippen MR) is 103 cm³/mol. The first-order valence-electron chi connectivity index (χ1n) is 8.99. The Bertz CT molecular complexity index is 1030. The Kier molecular flexibility index (Phi) is 4.65. The number of carbonyl (C=O) groups is 2. The van der Waals surface area contributed by atoms with Crippen LogP contribution in [0.5, 0.6) is 0 Å². The molecule has 142 valence electrons. The summed E-state index contributed by atoms with van der Waals surface area (Å²) in [5.41, 5.74) is 1.38. The summed E-state index contributed by atoms with van der Waals surface area (Å²) in [6.45, 7) is 4.22. The summed E-state index contributed by atoms with van der Waals surface area (Å²) in [7, 11) is 0. The number of carbonyl (C=O) groups excluding carboxylic acids is 2. The maximum Gasteiger partial charge on any atom is 0.251 e. The highest BCUT2D eigenvalue weighted by Gasteiger charge is 2.38. The van der Waals surface area contributed by atoms with E-state index in [1.807, 2.05) is 28.8 Å². The largest absolute Gasteiger partial charge is 0.325 e. The highest BCUT2D eigenvalue weighted by molar-refractivity contribution is 6.01. The molecule has 0 radical (unpaired) electrons. The van der Waals surface area contributed by atoms with Crippen molar-refractivity contribution in [2.75, 3.05) is 18.0 Å². The molecule has 0 bridgehead atoms.